The molecule has 1 aliphatic heterocycles. The van der Waals surface area contributed by atoms with Gasteiger partial charge in [-0.05, 0) is 73.0 Å². The number of benzene rings is 1. The lowest BCUT2D eigenvalue weighted by Crippen LogP contribution is -2.51. The van der Waals surface area contributed by atoms with Crippen molar-refractivity contribution in [3.8, 4) is 0 Å². The van der Waals surface area contributed by atoms with Crippen LogP contribution < -0.4 is 11.1 Å². The number of nitrogens with zero attached hydrogens (tertiary/aromatic N) is 2. The Kier molecular flexibility index (Phi) is 6.06. The molecule has 0 radical (unpaired) electrons. The van der Waals surface area contributed by atoms with Crippen LogP contribution in [0.5, 0.6) is 0 Å². The van der Waals surface area contributed by atoms with Crippen LogP contribution >= 0.6 is 23.2 Å². The predicted octanol–water partition coefficient (Wildman–Crippen LogP) is 3.55. The lowest BCUT2D eigenvalue weighted by atomic mass is 9.67. The highest BCUT2D eigenvalue weighted by molar-refractivity contribution is 6.36. The van der Waals surface area contributed by atoms with Crippen molar-refractivity contribution in [2.45, 2.75) is 45.1 Å². The number of hydrogen-bond acceptors (Lipinski definition) is 4. The van der Waals surface area contributed by atoms with E-state index < -0.39 is 0 Å². The van der Waals surface area contributed by atoms with Gasteiger partial charge < -0.3 is 16.0 Å². The monoisotopic (exact) mass is 478 g/mol. The molecule has 5 fully saturated rings. The largest absolute Gasteiger partial charge is 0.397 e. The molecule has 6 rings (SSSR count). The van der Waals surface area contributed by atoms with Gasteiger partial charge in [-0.15, -0.1) is 0 Å². The summed E-state index contributed by atoms with van der Waals surface area (Å²) in [7, 11) is 0. The Hall–Kier alpha value is -1.50. The van der Waals surface area contributed by atoms with Crippen molar-refractivity contribution in [3.05, 3.63) is 27.7 Å². The zero-order valence-electron chi connectivity index (χ0n) is 18.4. The van der Waals surface area contributed by atoms with Gasteiger partial charge >= 0.3 is 0 Å². The first-order chi connectivity index (χ1) is 15.3. The summed E-state index contributed by atoms with van der Waals surface area (Å²) in [5, 5.41) is 3.95. The summed E-state index contributed by atoms with van der Waals surface area (Å²) >= 11 is 12.2. The van der Waals surface area contributed by atoms with Crippen LogP contribution in [0.2, 0.25) is 10.0 Å². The Labute approximate surface area is 199 Å². The first-order valence-electron chi connectivity index (χ1n) is 11.8. The van der Waals surface area contributed by atoms with E-state index in [4.69, 9.17) is 28.9 Å². The van der Waals surface area contributed by atoms with Crippen molar-refractivity contribution in [1.29, 1.82) is 0 Å². The topological polar surface area (TPSA) is 78.7 Å². The maximum Gasteiger partial charge on any atom is 0.242 e. The number of hydrogen-bond donors (Lipinski definition) is 2. The van der Waals surface area contributed by atoms with Gasteiger partial charge in [0.15, 0.2) is 0 Å². The smallest absolute Gasteiger partial charge is 0.242 e. The van der Waals surface area contributed by atoms with Crippen LogP contribution in [0.25, 0.3) is 0 Å². The maximum absolute atomic E-state index is 12.7. The standard InChI is InChI=1S/C24H32Cl2N4O2/c25-19-7-18(23(27)20(26)8-19)14-29-1-3-30(4-2-29)22(32)13-28-21(31)12-24-9-15-5-16(10-24)17(6-15)11-24/h7-8,15-17H,1-6,9-14,27H2,(H,28,31). The molecule has 0 aromatic heterocycles. The molecule has 4 saturated carbocycles. The summed E-state index contributed by atoms with van der Waals surface area (Å²) in [5.41, 5.74) is 7.77. The number of nitrogens with one attached hydrogen (secondary N) is 1. The van der Waals surface area contributed by atoms with Gasteiger partial charge in [0.1, 0.15) is 0 Å². The molecular weight excluding hydrogens is 447 g/mol. The highest BCUT2D eigenvalue weighted by Crippen LogP contribution is 2.65. The zero-order valence-corrected chi connectivity index (χ0v) is 19.9. The summed E-state index contributed by atoms with van der Waals surface area (Å²) in [6.45, 7) is 3.51. The third-order valence-electron chi connectivity index (χ3n) is 8.32. The highest BCUT2D eigenvalue weighted by atomic mass is 35.5. The lowest BCUT2D eigenvalue weighted by Gasteiger charge is -2.38. The number of rotatable bonds is 6. The molecule has 4 aliphatic carbocycles. The average molecular weight is 479 g/mol. The summed E-state index contributed by atoms with van der Waals surface area (Å²) < 4.78 is 0. The van der Waals surface area contributed by atoms with E-state index in [0.29, 0.717) is 41.8 Å². The van der Waals surface area contributed by atoms with Crippen molar-refractivity contribution >= 4 is 40.7 Å². The number of piperazine rings is 1. The number of nitrogens with two attached hydrogens (primary N) is 1. The Balaban J connectivity index is 1.06. The molecule has 3 N–H and O–H groups in total. The van der Waals surface area contributed by atoms with E-state index in [2.05, 4.69) is 10.2 Å². The van der Waals surface area contributed by atoms with E-state index in [1.54, 1.807) is 6.07 Å². The Morgan fingerprint density at radius 3 is 2.41 bits per heavy atom. The third kappa shape index (κ3) is 4.46. The van der Waals surface area contributed by atoms with E-state index in [-0.39, 0.29) is 23.8 Å². The fourth-order valence-corrected chi connectivity index (χ4v) is 7.59. The third-order valence-corrected chi connectivity index (χ3v) is 8.85. The van der Waals surface area contributed by atoms with Gasteiger partial charge in [0.25, 0.3) is 0 Å². The van der Waals surface area contributed by atoms with E-state index in [0.717, 1.165) is 36.4 Å². The first kappa shape index (κ1) is 22.3. The second kappa shape index (κ2) is 8.69. The molecular formula is C24H32Cl2N4O2. The van der Waals surface area contributed by atoms with Crippen LogP contribution in [-0.2, 0) is 16.1 Å². The molecule has 32 heavy (non-hydrogen) atoms. The minimum absolute atomic E-state index is 0.00314. The van der Waals surface area contributed by atoms with Crippen LogP contribution in [0.15, 0.2) is 12.1 Å². The first-order valence-corrected chi connectivity index (χ1v) is 12.6. The Morgan fingerprint density at radius 1 is 1.06 bits per heavy atom. The predicted molar refractivity (Wildman–Crippen MR) is 126 cm³/mol. The fraction of sp³-hybridized carbons (Fsp3) is 0.667. The zero-order chi connectivity index (χ0) is 22.5. The van der Waals surface area contributed by atoms with Gasteiger partial charge in [0, 0.05) is 44.2 Å². The van der Waals surface area contributed by atoms with Crippen LogP contribution in [0.3, 0.4) is 0 Å². The maximum atomic E-state index is 12.7. The summed E-state index contributed by atoms with van der Waals surface area (Å²) in [5.74, 6) is 2.61. The van der Waals surface area contributed by atoms with Crippen molar-refractivity contribution in [2.24, 2.45) is 23.2 Å². The van der Waals surface area contributed by atoms with Crippen LogP contribution in [0.1, 0.15) is 44.1 Å². The minimum atomic E-state index is -0.00314. The molecule has 5 aliphatic rings. The highest BCUT2D eigenvalue weighted by Gasteiger charge is 2.56. The SMILES string of the molecule is Nc1c(Cl)cc(Cl)cc1CN1CCN(C(=O)CNC(=O)CC23CC4CC(C2)C(C4)C3)CC1. The summed E-state index contributed by atoms with van der Waals surface area (Å²) in [6, 6.07) is 3.49. The van der Waals surface area contributed by atoms with Crippen LogP contribution in [0.4, 0.5) is 5.69 Å². The van der Waals surface area contributed by atoms with E-state index in [1.807, 2.05) is 11.0 Å². The van der Waals surface area contributed by atoms with E-state index in [1.165, 1.54) is 32.1 Å². The average Bonchev–Trinajstić information content (AvgIpc) is 3.16. The lowest BCUT2D eigenvalue weighted by molar-refractivity contribution is -0.135. The second-order valence-corrected chi connectivity index (χ2v) is 11.4. The van der Waals surface area contributed by atoms with E-state index >= 15 is 0 Å². The quantitative estimate of drug-likeness (QED) is 0.612. The van der Waals surface area contributed by atoms with Crippen molar-refractivity contribution in [2.75, 3.05) is 38.5 Å². The molecule has 2 amide bonds. The van der Waals surface area contributed by atoms with E-state index in [9.17, 15) is 9.59 Å². The number of amides is 2. The molecule has 6 nitrogen and oxygen atoms in total. The molecule has 1 saturated heterocycles. The molecule has 1 aromatic rings. The van der Waals surface area contributed by atoms with Crippen molar-refractivity contribution in [3.63, 3.8) is 0 Å². The molecule has 4 bridgehead atoms. The molecule has 2 unspecified atom stereocenters. The number of anilines is 1. The van der Waals surface area contributed by atoms with Crippen molar-refractivity contribution in [1.82, 2.24) is 15.1 Å². The Bertz CT molecular complexity index is 896. The number of carbonyl (C=O) groups excluding carboxylic acids is 2. The van der Waals surface area contributed by atoms with Gasteiger partial charge in [0.05, 0.1) is 17.3 Å². The molecule has 1 aromatic carbocycles. The van der Waals surface area contributed by atoms with Crippen molar-refractivity contribution < 1.29 is 9.59 Å². The summed E-state index contributed by atoms with van der Waals surface area (Å²) in [4.78, 5) is 29.4. The van der Waals surface area contributed by atoms with Crippen LogP contribution in [-0.4, -0.2) is 54.3 Å². The second-order valence-electron chi connectivity index (χ2n) is 10.5. The number of halogens is 2. The molecule has 8 heteroatoms. The fourth-order valence-electron chi connectivity index (χ4n) is 7.05. The Morgan fingerprint density at radius 2 is 1.75 bits per heavy atom. The summed E-state index contributed by atoms with van der Waals surface area (Å²) in [6.07, 6.45) is 7.03. The van der Waals surface area contributed by atoms with Gasteiger partial charge in [0.2, 0.25) is 11.8 Å². The van der Waals surface area contributed by atoms with Gasteiger partial charge in [-0.3, -0.25) is 14.5 Å². The van der Waals surface area contributed by atoms with Gasteiger partial charge in [-0.1, -0.05) is 23.2 Å². The van der Waals surface area contributed by atoms with Crippen LogP contribution in [0, 0.1) is 23.2 Å². The van der Waals surface area contributed by atoms with Gasteiger partial charge in [-0.2, -0.15) is 0 Å². The number of carbonyl (C=O) groups is 2. The van der Waals surface area contributed by atoms with Gasteiger partial charge in [-0.25, -0.2) is 0 Å². The normalized spacial score (nSPS) is 31.3. The minimum Gasteiger partial charge on any atom is -0.397 e. The number of nitrogen functional groups attached to an aromatic ring is 1. The molecule has 0 spiro atoms. The molecule has 174 valence electrons. The molecule has 2 atom stereocenters. The molecule has 1 heterocycles.